The maximum absolute atomic E-state index is 12.4. The van der Waals surface area contributed by atoms with Crippen LogP contribution in [0.4, 0.5) is 0 Å². The Hall–Kier alpha value is -0.900. The summed E-state index contributed by atoms with van der Waals surface area (Å²) in [6.45, 7) is 5.46. The number of carbonyl (C=O) groups excluding carboxylic acids is 1. The van der Waals surface area contributed by atoms with Gasteiger partial charge < -0.3 is 4.90 Å². The largest absolute Gasteiger partial charge is 0.333 e. The normalized spacial score (nSPS) is 25.7. The highest BCUT2D eigenvalue weighted by Crippen LogP contribution is 2.53. The van der Waals surface area contributed by atoms with Gasteiger partial charge in [-0.3, -0.25) is 9.78 Å². The topological polar surface area (TPSA) is 33.2 Å². The fourth-order valence-electron chi connectivity index (χ4n) is 4.01. The average molecular weight is 264 g/mol. The summed E-state index contributed by atoms with van der Waals surface area (Å²) < 4.78 is 0. The number of hydrogen-bond acceptors (Lipinski definition) is 3. The average Bonchev–Trinajstić information content (AvgIpc) is 2.97. The first-order chi connectivity index (χ1) is 8.64. The van der Waals surface area contributed by atoms with Crippen LogP contribution in [0.2, 0.25) is 0 Å². The SMILES string of the molecule is CC(C)[C@@H]1N(C(=O)c2cncs2)CC12CCCC2. The first-order valence-electron chi connectivity index (χ1n) is 6.83. The molecule has 18 heavy (non-hydrogen) atoms. The molecule has 1 atom stereocenters. The van der Waals surface area contributed by atoms with Crippen molar-refractivity contribution in [1.82, 2.24) is 9.88 Å². The number of amides is 1. The van der Waals surface area contributed by atoms with Crippen LogP contribution >= 0.6 is 11.3 Å². The maximum atomic E-state index is 12.4. The van der Waals surface area contributed by atoms with Crippen molar-refractivity contribution in [3.8, 4) is 0 Å². The fraction of sp³-hybridized carbons (Fsp3) is 0.714. The van der Waals surface area contributed by atoms with E-state index in [4.69, 9.17) is 0 Å². The van der Waals surface area contributed by atoms with E-state index in [2.05, 4.69) is 23.7 Å². The van der Waals surface area contributed by atoms with Crippen molar-refractivity contribution in [3.63, 3.8) is 0 Å². The molecule has 1 spiro atoms. The first-order valence-corrected chi connectivity index (χ1v) is 7.71. The van der Waals surface area contributed by atoms with E-state index in [0.717, 1.165) is 11.4 Å². The van der Waals surface area contributed by atoms with Gasteiger partial charge in [0.2, 0.25) is 0 Å². The third-order valence-corrected chi connectivity index (χ3v) is 5.34. The molecule has 1 aromatic rings. The van der Waals surface area contributed by atoms with Crippen molar-refractivity contribution in [2.24, 2.45) is 11.3 Å². The summed E-state index contributed by atoms with van der Waals surface area (Å²) in [7, 11) is 0. The number of hydrogen-bond donors (Lipinski definition) is 0. The molecule has 1 saturated carbocycles. The van der Waals surface area contributed by atoms with E-state index in [9.17, 15) is 4.79 Å². The van der Waals surface area contributed by atoms with Gasteiger partial charge in [-0.2, -0.15) is 0 Å². The molecule has 4 heteroatoms. The van der Waals surface area contributed by atoms with Gasteiger partial charge in [0.05, 0.1) is 11.7 Å². The van der Waals surface area contributed by atoms with Crippen molar-refractivity contribution in [2.75, 3.05) is 6.54 Å². The second kappa shape index (κ2) is 4.34. The Bertz CT molecular complexity index is 435. The summed E-state index contributed by atoms with van der Waals surface area (Å²) in [6.07, 6.45) is 6.99. The zero-order valence-electron chi connectivity index (χ0n) is 11.1. The molecular formula is C14H20N2OS. The molecule has 3 nitrogen and oxygen atoms in total. The third-order valence-electron chi connectivity index (χ3n) is 4.58. The summed E-state index contributed by atoms with van der Waals surface area (Å²) in [5.74, 6) is 0.738. The molecule has 0 radical (unpaired) electrons. The van der Waals surface area contributed by atoms with Crippen LogP contribution < -0.4 is 0 Å². The van der Waals surface area contributed by atoms with Gasteiger partial charge in [0, 0.05) is 18.0 Å². The lowest BCUT2D eigenvalue weighted by atomic mass is 9.66. The molecule has 98 valence electrons. The quantitative estimate of drug-likeness (QED) is 0.822. The van der Waals surface area contributed by atoms with Crippen molar-refractivity contribution in [1.29, 1.82) is 0 Å². The van der Waals surface area contributed by atoms with Crippen LogP contribution in [0.1, 0.15) is 49.2 Å². The second-order valence-corrected chi connectivity index (χ2v) is 6.94. The lowest BCUT2D eigenvalue weighted by molar-refractivity contribution is -0.0699. The Labute approximate surface area is 112 Å². The number of likely N-dealkylation sites (tertiary alicyclic amines) is 1. The van der Waals surface area contributed by atoms with E-state index in [0.29, 0.717) is 17.4 Å². The smallest absolute Gasteiger partial charge is 0.265 e. The Balaban J connectivity index is 1.80. The zero-order chi connectivity index (χ0) is 12.8. The molecule has 0 aromatic carbocycles. The Morgan fingerprint density at radius 2 is 2.22 bits per heavy atom. The lowest BCUT2D eigenvalue weighted by Crippen LogP contribution is -2.67. The van der Waals surface area contributed by atoms with Gasteiger partial charge in [0.1, 0.15) is 4.88 Å². The number of carbonyl (C=O) groups is 1. The summed E-state index contributed by atoms with van der Waals surface area (Å²) in [4.78, 5) is 19.3. The lowest BCUT2D eigenvalue weighted by Gasteiger charge is -2.58. The van der Waals surface area contributed by atoms with E-state index in [1.807, 2.05) is 0 Å². The molecule has 1 aromatic heterocycles. The Kier molecular flexibility index (Phi) is 2.93. The fourth-order valence-corrected chi connectivity index (χ4v) is 4.59. The minimum absolute atomic E-state index is 0.189. The highest BCUT2D eigenvalue weighted by molar-refractivity contribution is 7.11. The predicted molar refractivity (Wildman–Crippen MR) is 72.7 cm³/mol. The van der Waals surface area contributed by atoms with Crippen LogP contribution in [0.3, 0.4) is 0 Å². The maximum Gasteiger partial charge on any atom is 0.265 e. The second-order valence-electron chi connectivity index (χ2n) is 6.06. The predicted octanol–water partition coefficient (Wildman–Crippen LogP) is 3.18. The van der Waals surface area contributed by atoms with E-state index < -0.39 is 0 Å². The summed E-state index contributed by atoms with van der Waals surface area (Å²) >= 11 is 1.45. The summed E-state index contributed by atoms with van der Waals surface area (Å²) in [5, 5.41) is 0. The molecule has 2 aliphatic rings. The number of nitrogens with zero attached hydrogens (tertiary/aromatic N) is 2. The van der Waals surface area contributed by atoms with Gasteiger partial charge in [-0.15, -0.1) is 11.3 Å². The van der Waals surface area contributed by atoms with Crippen molar-refractivity contribution in [3.05, 3.63) is 16.6 Å². The van der Waals surface area contributed by atoms with Gasteiger partial charge in [-0.1, -0.05) is 26.7 Å². The molecule has 1 aliphatic heterocycles. The van der Waals surface area contributed by atoms with Crippen molar-refractivity contribution < 1.29 is 4.79 Å². The number of rotatable bonds is 2. The van der Waals surface area contributed by atoms with Crippen molar-refractivity contribution in [2.45, 2.75) is 45.6 Å². The molecule has 3 rings (SSSR count). The summed E-state index contributed by atoms with van der Waals surface area (Å²) in [6, 6.07) is 0.439. The van der Waals surface area contributed by atoms with E-state index in [1.165, 1.54) is 37.0 Å². The highest BCUT2D eigenvalue weighted by Gasteiger charge is 2.56. The third kappa shape index (κ3) is 1.69. The van der Waals surface area contributed by atoms with E-state index >= 15 is 0 Å². The molecule has 1 saturated heterocycles. The molecule has 2 fully saturated rings. The van der Waals surface area contributed by atoms with Crippen LogP contribution in [0, 0.1) is 11.3 Å². The van der Waals surface area contributed by atoms with Crippen LogP contribution in [-0.2, 0) is 0 Å². The Morgan fingerprint density at radius 1 is 1.50 bits per heavy atom. The molecular weight excluding hydrogens is 244 g/mol. The monoisotopic (exact) mass is 264 g/mol. The van der Waals surface area contributed by atoms with E-state index in [1.54, 1.807) is 11.7 Å². The van der Waals surface area contributed by atoms with Crippen molar-refractivity contribution >= 4 is 17.2 Å². The minimum Gasteiger partial charge on any atom is -0.333 e. The molecule has 0 N–H and O–H groups in total. The van der Waals surface area contributed by atoms with Gasteiger partial charge in [0.15, 0.2) is 0 Å². The summed E-state index contributed by atoms with van der Waals surface area (Å²) in [5.41, 5.74) is 2.18. The van der Waals surface area contributed by atoms with Gasteiger partial charge >= 0.3 is 0 Å². The number of thiazole rings is 1. The van der Waals surface area contributed by atoms with Crippen LogP contribution in [-0.4, -0.2) is 28.4 Å². The van der Waals surface area contributed by atoms with Crippen LogP contribution in [0.5, 0.6) is 0 Å². The molecule has 0 unspecified atom stereocenters. The first kappa shape index (κ1) is 12.2. The molecule has 1 aliphatic carbocycles. The van der Waals surface area contributed by atoms with Crippen LogP contribution in [0.25, 0.3) is 0 Å². The highest BCUT2D eigenvalue weighted by atomic mass is 32.1. The zero-order valence-corrected chi connectivity index (χ0v) is 11.9. The van der Waals surface area contributed by atoms with Gasteiger partial charge in [0.25, 0.3) is 5.91 Å². The van der Waals surface area contributed by atoms with Crippen LogP contribution in [0.15, 0.2) is 11.7 Å². The standard InChI is InChI=1S/C14H20N2OS/c1-10(2)12-14(5-3-4-6-14)8-16(12)13(17)11-7-15-9-18-11/h7,9-10,12H,3-6,8H2,1-2H3/t12-/m0/s1. The Morgan fingerprint density at radius 3 is 2.78 bits per heavy atom. The molecule has 2 heterocycles. The van der Waals surface area contributed by atoms with E-state index in [-0.39, 0.29) is 5.91 Å². The van der Waals surface area contributed by atoms with Gasteiger partial charge in [-0.05, 0) is 18.8 Å². The minimum atomic E-state index is 0.189. The molecule has 1 amide bonds. The molecule has 0 bridgehead atoms. The number of aromatic nitrogens is 1. The van der Waals surface area contributed by atoms with Gasteiger partial charge in [-0.25, -0.2) is 0 Å².